The van der Waals surface area contributed by atoms with E-state index in [4.69, 9.17) is 4.74 Å². The number of carbonyl (C=O) groups is 1. The first-order valence-electron chi connectivity index (χ1n) is 3.71. The number of ether oxygens (including phenoxy) is 1. The lowest BCUT2D eigenvalue weighted by molar-refractivity contribution is -0.125. The standard InChI is InChI=1S/C8H9NO2/c10-7-3-6-4-9-2-1-8(6)11-5-7/h1,4,6H,2-3,5H2. The molecule has 0 saturated carbocycles. The van der Waals surface area contributed by atoms with Gasteiger partial charge in [0.05, 0.1) is 12.5 Å². The van der Waals surface area contributed by atoms with E-state index in [9.17, 15) is 4.79 Å². The molecule has 0 N–H and O–H groups in total. The smallest absolute Gasteiger partial charge is 0.171 e. The van der Waals surface area contributed by atoms with E-state index in [-0.39, 0.29) is 18.3 Å². The van der Waals surface area contributed by atoms with Gasteiger partial charge < -0.3 is 4.74 Å². The molecular formula is C8H9NO2. The number of allylic oxidation sites excluding steroid dienone is 1. The molecule has 3 nitrogen and oxygen atoms in total. The quantitative estimate of drug-likeness (QED) is 0.507. The lowest BCUT2D eigenvalue weighted by Crippen LogP contribution is -2.26. The van der Waals surface area contributed by atoms with E-state index in [1.54, 1.807) is 0 Å². The van der Waals surface area contributed by atoms with Crippen LogP contribution in [-0.2, 0) is 9.53 Å². The molecule has 0 aromatic carbocycles. The lowest BCUT2D eigenvalue weighted by Gasteiger charge is -2.23. The Kier molecular flexibility index (Phi) is 1.49. The molecule has 0 radical (unpaired) electrons. The van der Waals surface area contributed by atoms with E-state index in [0.717, 1.165) is 5.76 Å². The first-order valence-corrected chi connectivity index (χ1v) is 3.71. The Hall–Kier alpha value is -1.12. The van der Waals surface area contributed by atoms with Crippen LogP contribution >= 0.6 is 0 Å². The summed E-state index contributed by atoms with van der Waals surface area (Å²) in [4.78, 5) is 15.0. The SMILES string of the molecule is O=C1COC2=CCN=CC2C1. The van der Waals surface area contributed by atoms with Crippen molar-refractivity contribution in [3.8, 4) is 0 Å². The summed E-state index contributed by atoms with van der Waals surface area (Å²) < 4.78 is 5.21. The molecule has 1 fully saturated rings. The van der Waals surface area contributed by atoms with Crippen molar-refractivity contribution >= 4 is 12.0 Å². The summed E-state index contributed by atoms with van der Waals surface area (Å²) in [5.74, 6) is 1.23. The van der Waals surface area contributed by atoms with Crippen LogP contribution in [0.1, 0.15) is 6.42 Å². The fraction of sp³-hybridized carbons (Fsp3) is 0.500. The Morgan fingerprint density at radius 2 is 2.55 bits per heavy atom. The maximum absolute atomic E-state index is 10.9. The van der Waals surface area contributed by atoms with Gasteiger partial charge in [0.15, 0.2) is 5.78 Å². The molecule has 1 unspecified atom stereocenters. The second-order valence-corrected chi connectivity index (χ2v) is 2.76. The third kappa shape index (κ3) is 1.18. The molecule has 2 heterocycles. The zero-order valence-electron chi connectivity index (χ0n) is 6.12. The fourth-order valence-electron chi connectivity index (χ4n) is 1.34. The molecule has 0 bridgehead atoms. The summed E-state index contributed by atoms with van der Waals surface area (Å²) in [5.41, 5.74) is 0. The molecule has 2 rings (SSSR count). The normalized spacial score (nSPS) is 28.9. The maximum Gasteiger partial charge on any atom is 0.171 e. The van der Waals surface area contributed by atoms with Crippen LogP contribution in [-0.4, -0.2) is 25.1 Å². The second-order valence-electron chi connectivity index (χ2n) is 2.76. The summed E-state index contributed by atoms with van der Waals surface area (Å²) in [5, 5.41) is 0. The van der Waals surface area contributed by atoms with Gasteiger partial charge in [0.25, 0.3) is 0 Å². The fourth-order valence-corrected chi connectivity index (χ4v) is 1.34. The zero-order valence-corrected chi connectivity index (χ0v) is 6.12. The van der Waals surface area contributed by atoms with Gasteiger partial charge >= 0.3 is 0 Å². The van der Waals surface area contributed by atoms with Crippen LogP contribution in [0.4, 0.5) is 0 Å². The number of ketones is 1. The molecule has 2 aliphatic heterocycles. The highest BCUT2D eigenvalue weighted by Crippen LogP contribution is 2.22. The summed E-state index contributed by atoms with van der Waals surface area (Å²) in [6, 6.07) is 0. The first-order chi connectivity index (χ1) is 5.36. The largest absolute Gasteiger partial charge is 0.490 e. The number of rotatable bonds is 0. The Morgan fingerprint density at radius 3 is 3.45 bits per heavy atom. The van der Waals surface area contributed by atoms with E-state index < -0.39 is 0 Å². The van der Waals surface area contributed by atoms with Crippen molar-refractivity contribution in [1.82, 2.24) is 0 Å². The van der Waals surface area contributed by atoms with Gasteiger partial charge in [0, 0.05) is 12.6 Å². The number of Topliss-reactive ketones (excluding diaryl/α,β-unsaturated/α-hetero) is 1. The number of fused-ring (bicyclic) bond motifs is 1. The Morgan fingerprint density at radius 1 is 1.64 bits per heavy atom. The average molecular weight is 151 g/mol. The van der Waals surface area contributed by atoms with E-state index >= 15 is 0 Å². The van der Waals surface area contributed by atoms with Crippen LogP contribution in [0.25, 0.3) is 0 Å². The Balaban J connectivity index is 2.16. The first kappa shape index (κ1) is 6.58. The molecular weight excluding hydrogens is 142 g/mol. The van der Waals surface area contributed by atoms with Gasteiger partial charge in [-0.05, 0) is 6.08 Å². The molecule has 11 heavy (non-hydrogen) atoms. The van der Waals surface area contributed by atoms with E-state index in [1.165, 1.54) is 0 Å². The summed E-state index contributed by atoms with van der Waals surface area (Å²) in [6.45, 7) is 0.941. The Labute approximate surface area is 64.8 Å². The number of dihydropyridines is 1. The number of aliphatic imine (C=N–C) groups is 1. The third-order valence-corrected chi connectivity index (χ3v) is 1.90. The van der Waals surface area contributed by atoms with Gasteiger partial charge in [-0.1, -0.05) is 0 Å². The topological polar surface area (TPSA) is 38.7 Å². The molecule has 1 saturated heterocycles. The monoisotopic (exact) mass is 151 g/mol. The van der Waals surface area contributed by atoms with Crippen molar-refractivity contribution in [3.63, 3.8) is 0 Å². The predicted molar refractivity (Wildman–Crippen MR) is 40.5 cm³/mol. The van der Waals surface area contributed by atoms with Crippen LogP contribution in [0.3, 0.4) is 0 Å². The molecule has 0 aromatic rings. The summed E-state index contributed by atoms with van der Waals surface area (Å²) in [6.07, 6.45) is 4.32. The van der Waals surface area contributed by atoms with E-state index in [2.05, 4.69) is 4.99 Å². The van der Waals surface area contributed by atoms with Gasteiger partial charge in [-0.3, -0.25) is 9.79 Å². The molecule has 0 aliphatic carbocycles. The second kappa shape index (κ2) is 2.49. The molecule has 58 valence electrons. The molecule has 0 amide bonds. The maximum atomic E-state index is 10.9. The van der Waals surface area contributed by atoms with Crippen LogP contribution in [0.5, 0.6) is 0 Å². The van der Waals surface area contributed by atoms with Crippen molar-refractivity contribution in [2.24, 2.45) is 10.9 Å². The van der Waals surface area contributed by atoms with Crippen molar-refractivity contribution in [3.05, 3.63) is 11.8 Å². The number of hydrogen-bond donors (Lipinski definition) is 0. The van der Waals surface area contributed by atoms with E-state index in [1.807, 2.05) is 12.3 Å². The van der Waals surface area contributed by atoms with Crippen LogP contribution in [0.15, 0.2) is 16.8 Å². The number of nitrogens with zero attached hydrogens (tertiary/aromatic N) is 1. The minimum Gasteiger partial charge on any atom is -0.490 e. The number of hydrogen-bond acceptors (Lipinski definition) is 3. The highest BCUT2D eigenvalue weighted by atomic mass is 16.5. The van der Waals surface area contributed by atoms with Gasteiger partial charge in [-0.25, -0.2) is 0 Å². The molecule has 1 atom stereocenters. The lowest BCUT2D eigenvalue weighted by atomic mass is 9.97. The van der Waals surface area contributed by atoms with Crippen LogP contribution in [0.2, 0.25) is 0 Å². The van der Waals surface area contributed by atoms with Crippen molar-refractivity contribution in [2.75, 3.05) is 13.2 Å². The van der Waals surface area contributed by atoms with Crippen LogP contribution < -0.4 is 0 Å². The van der Waals surface area contributed by atoms with Gasteiger partial charge in [0.1, 0.15) is 12.4 Å². The molecule has 0 spiro atoms. The van der Waals surface area contributed by atoms with E-state index in [0.29, 0.717) is 13.0 Å². The zero-order chi connectivity index (χ0) is 7.68. The van der Waals surface area contributed by atoms with Crippen molar-refractivity contribution in [2.45, 2.75) is 6.42 Å². The number of carbonyl (C=O) groups excluding carboxylic acids is 1. The molecule has 0 aromatic heterocycles. The van der Waals surface area contributed by atoms with Crippen LogP contribution in [0, 0.1) is 5.92 Å². The third-order valence-electron chi connectivity index (χ3n) is 1.90. The minimum absolute atomic E-state index is 0.130. The van der Waals surface area contributed by atoms with Gasteiger partial charge in [-0.15, -0.1) is 0 Å². The average Bonchev–Trinajstić information content (AvgIpc) is 2.04. The van der Waals surface area contributed by atoms with Gasteiger partial charge in [0.2, 0.25) is 0 Å². The minimum atomic E-state index is 0.130. The van der Waals surface area contributed by atoms with Crippen molar-refractivity contribution in [1.29, 1.82) is 0 Å². The van der Waals surface area contributed by atoms with Crippen molar-refractivity contribution < 1.29 is 9.53 Å². The van der Waals surface area contributed by atoms with Gasteiger partial charge in [-0.2, -0.15) is 0 Å². The summed E-state index contributed by atoms with van der Waals surface area (Å²) in [7, 11) is 0. The predicted octanol–water partition coefficient (Wildman–Crippen LogP) is 0.560. The summed E-state index contributed by atoms with van der Waals surface area (Å²) >= 11 is 0. The molecule has 2 aliphatic rings. The highest BCUT2D eigenvalue weighted by Gasteiger charge is 2.25. The Bertz CT molecular complexity index is 242. The molecule has 3 heteroatoms. The highest BCUT2D eigenvalue weighted by molar-refractivity contribution is 5.85.